The number of nitrogens with one attached hydrogen (secondary N) is 2. The molecule has 0 bridgehead atoms. The highest BCUT2D eigenvalue weighted by atomic mass is 79.9. The second kappa shape index (κ2) is 4.92. The monoisotopic (exact) mass is 285 g/mol. The van der Waals surface area contributed by atoms with Gasteiger partial charge in [0.25, 0.3) is 0 Å². The summed E-state index contributed by atoms with van der Waals surface area (Å²) in [4.78, 5) is 7.35. The van der Waals surface area contributed by atoms with Gasteiger partial charge in [-0.1, -0.05) is 0 Å². The minimum absolute atomic E-state index is 0.318. The number of imidazole rings is 1. The quantitative estimate of drug-likeness (QED) is 0.907. The van der Waals surface area contributed by atoms with Crippen LogP contribution in [0.15, 0.2) is 27.6 Å². The van der Waals surface area contributed by atoms with Crippen LogP contribution in [0.4, 0.5) is 0 Å². The third kappa shape index (κ3) is 2.68. The van der Waals surface area contributed by atoms with E-state index in [4.69, 9.17) is 0 Å². The normalized spacial score (nSPS) is 12.9. The highest BCUT2D eigenvalue weighted by molar-refractivity contribution is 9.11. The van der Waals surface area contributed by atoms with Gasteiger partial charge in [-0.3, -0.25) is 0 Å². The zero-order chi connectivity index (χ0) is 10.7. The first-order chi connectivity index (χ1) is 7.29. The fourth-order valence-electron chi connectivity index (χ4n) is 1.50. The number of H-pyrrole nitrogens is 1. The molecule has 1 atom stereocenters. The highest BCUT2D eigenvalue weighted by Crippen LogP contribution is 2.26. The molecule has 0 fully saturated rings. The Morgan fingerprint density at radius 2 is 2.53 bits per heavy atom. The fourth-order valence-corrected chi connectivity index (χ4v) is 2.73. The summed E-state index contributed by atoms with van der Waals surface area (Å²) in [6.07, 6.45) is 4.52. The Hall–Kier alpha value is -0.650. The zero-order valence-corrected chi connectivity index (χ0v) is 10.7. The van der Waals surface area contributed by atoms with Crippen molar-refractivity contribution in [2.45, 2.75) is 12.5 Å². The van der Waals surface area contributed by atoms with Crippen LogP contribution in [0.25, 0.3) is 0 Å². The van der Waals surface area contributed by atoms with E-state index in [9.17, 15) is 0 Å². The molecule has 1 unspecified atom stereocenters. The van der Waals surface area contributed by atoms with Crippen LogP contribution in [0.1, 0.15) is 17.4 Å². The lowest BCUT2D eigenvalue weighted by atomic mass is 10.1. The van der Waals surface area contributed by atoms with E-state index < -0.39 is 0 Å². The maximum Gasteiger partial charge on any atom is 0.107 e. The number of likely N-dealkylation sites (N-methyl/N-ethyl adjacent to an activating group) is 1. The number of hydrogen-bond donors (Lipinski definition) is 2. The largest absolute Gasteiger partial charge is 0.349 e. The molecule has 0 spiro atoms. The maximum atomic E-state index is 4.23. The van der Waals surface area contributed by atoms with Crippen molar-refractivity contribution in [1.82, 2.24) is 15.3 Å². The van der Waals surface area contributed by atoms with Crippen molar-refractivity contribution in [3.63, 3.8) is 0 Å². The second-order valence-corrected chi connectivity index (χ2v) is 5.56. The molecule has 2 N–H and O–H groups in total. The Morgan fingerprint density at radius 3 is 3.07 bits per heavy atom. The molecular formula is C10H12BrN3S. The SMILES string of the molecule is CNC(Cc1ncc[nH]1)c1csc(Br)c1. The molecule has 0 amide bonds. The molecule has 3 nitrogen and oxygen atoms in total. The molecule has 0 aliphatic heterocycles. The molecule has 0 aromatic carbocycles. The molecule has 0 saturated carbocycles. The number of rotatable bonds is 4. The van der Waals surface area contributed by atoms with Crippen molar-refractivity contribution in [1.29, 1.82) is 0 Å². The Morgan fingerprint density at radius 1 is 1.67 bits per heavy atom. The van der Waals surface area contributed by atoms with E-state index >= 15 is 0 Å². The number of aromatic amines is 1. The summed E-state index contributed by atoms with van der Waals surface area (Å²) in [5.41, 5.74) is 1.30. The van der Waals surface area contributed by atoms with Crippen LogP contribution >= 0.6 is 27.3 Å². The summed E-state index contributed by atoms with van der Waals surface area (Å²) < 4.78 is 1.16. The second-order valence-electron chi connectivity index (χ2n) is 3.27. The van der Waals surface area contributed by atoms with E-state index in [1.54, 1.807) is 17.5 Å². The first-order valence-corrected chi connectivity index (χ1v) is 6.36. The summed E-state index contributed by atoms with van der Waals surface area (Å²) >= 11 is 5.18. The van der Waals surface area contributed by atoms with Crippen molar-refractivity contribution in [2.24, 2.45) is 0 Å². The van der Waals surface area contributed by atoms with E-state index in [0.717, 1.165) is 16.0 Å². The van der Waals surface area contributed by atoms with Crippen LogP contribution in [0.3, 0.4) is 0 Å². The van der Waals surface area contributed by atoms with Crippen molar-refractivity contribution < 1.29 is 0 Å². The van der Waals surface area contributed by atoms with Crippen molar-refractivity contribution >= 4 is 27.3 Å². The van der Waals surface area contributed by atoms with Crippen LogP contribution < -0.4 is 5.32 Å². The average molecular weight is 286 g/mol. The van der Waals surface area contributed by atoms with Gasteiger partial charge in [0, 0.05) is 24.9 Å². The van der Waals surface area contributed by atoms with Gasteiger partial charge in [-0.15, -0.1) is 11.3 Å². The summed E-state index contributed by atoms with van der Waals surface area (Å²) in [6.45, 7) is 0. The Kier molecular flexibility index (Phi) is 3.56. The first-order valence-electron chi connectivity index (χ1n) is 4.69. The number of halogens is 1. The van der Waals surface area contributed by atoms with Gasteiger partial charge in [0.15, 0.2) is 0 Å². The minimum atomic E-state index is 0.318. The number of hydrogen-bond acceptors (Lipinski definition) is 3. The van der Waals surface area contributed by atoms with Crippen molar-refractivity contribution in [3.8, 4) is 0 Å². The van der Waals surface area contributed by atoms with Gasteiger partial charge in [-0.05, 0) is 40.0 Å². The summed E-state index contributed by atoms with van der Waals surface area (Å²) in [5, 5.41) is 5.46. The van der Waals surface area contributed by atoms with E-state index in [1.807, 2.05) is 13.2 Å². The van der Waals surface area contributed by atoms with Gasteiger partial charge in [-0.25, -0.2) is 4.98 Å². The van der Waals surface area contributed by atoms with Crippen LogP contribution in [-0.4, -0.2) is 17.0 Å². The molecule has 2 aromatic rings. The van der Waals surface area contributed by atoms with Gasteiger partial charge in [0.05, 0.1) is 3.79 Å². The van der Waals surface area contributed by atoms with Gasteiger partial charge in [0.1, 0.15) is 5.82 Å². The van der Waals surface area contributed by atoms with Crippen LogP contribution in [0, 0.1) is 0 Å². The first kappa shape index (κ1) is 10.9. The number of nitrogens with zero attached hydrogens (tertiary/aromatic N) is 1. The van der Waals surface area contributed by atoms with E-state index in [0.29, 0.717) is 6.04 Å². The lowest BCUT2D eigenvalue weighted by Gasteiger charge is -2.12. The molecule has 0 aliphatic carbocycles. The topological polar surface area (TPSA) is 40.7 Å². The van der Waals surface area contributed by atoms with Gasteiger partial charge in [-0.2, -0.15) is 0 Å². The smallest absolute Gasteiger partial charge is 0.107 e. The highest BCUT2D eigenvalue weighted by Gasteiger charge is 2.12. The zero-order valence-electron chi connectivity index (χ0n) is 8.33. The Balaban J connectivity index is 2.11. The number of aromatic nitrogens is 2. The summed E-state index contributed by atoms with van der Waals surface area (Å²) in [6, 6.07) is 2.47. The minimum Gasteiger partial charge on any atom is -0.349 e. The molecule has 80 valence electrons. The van der Waals surface area contributed by atoms with E-state index in [2.05, 4.69) is 42.7 Å². The Bertz CT molecular complexity index is 410. The van der Waals surface area contributed by atoms with Gasteiger partial charge in [0.2, 0.25) is 0 Å². The molecule has 0 saturated heterocycles. The molecule has 15 heavy (non-hydrogen) atoms. The van der Waals surface area contributed by atoms with Crippen LogP contribution in [0.5, 0.6) is 0 Å². The average Bonchev–Trinajstić information content (AvgIpc) is 2.85. The van der Waals surface area contributed by atoms with E-state index in [1.165, 1.54) is 5.56 Å². The van der Waals surface area contributed by atoms with Gasteiger partial charge >= 0.3 is 0 Å². The molecule has 2 aromatic heterocycles. The lowest BCUT2D eigenvalue weighted by Crippen LogP contribution is -2.18. The predicted octanol–water partition coefficient (Wildman–Crippen LogP) is 2.74. The molecule has 0 radical (unpaired) electrons. The molecule has 2 heterocycles. The van der Waals surface area contributed by atoms with Crippen molar-refractivity contribution in [2.75, 3.05) is 7.05 Å². The lowest BCUT2D eigenvalue weighted by molar-refractivity contribution is 0.579. The maximum absolute atomic E-state index is 4.23. The predicted molar refractivity (Wildman–Crippen MR) is 66.1 cm³/mol. The standard InChI is InChI=1S/C10H12BrN3S/c1-12-8(5-10-13-2-3-14-10)7-4-9(11)15-6-7/h2-4,6,8,12H,5H2,1H3,(H,13,14). The molecule has 2 rings (SSSR count). The molecule has 5 heteroatoms. The molecule has 0 aliphatic rings. The third-order valence-electron chi connectivity index (χ3n) is 2.29. The third-order valence-corrected chi connectivity index (χ3v) is 3.81. The molecular weight excluding hydrogens is 274 g/mol. The fraction of sp³-hybridized carbons (Fsp3) is 0.300. The van der Waals surface area contributed by atoms with Gasteiger partial charge < -0.3 is 10.3 Å². The van der Waals surface area contributed by atoms with E-state index in [-0.39, 0.29) is 0 Å². The summed E-state index contributed by atoms with van der Waals surface area (Å²) in [5.74, 6) is 1.01. The summed E-state index contributed by atoms with van der Waals surface area (Å²) in [7, 11) is 1.97. The van der Waals surface area contributed by atoms with Crippen LogP contribution in [0.2, 0.25) is 0 Å². The van der Waals surface area contributed by atoms with Crippen LogP contribution in [-0.2, 0) is 6.42 Å². The Labute approximate surface area is 101 Å². The van der Waals surface area contributed by atoms with Crippen molar-refractivity contribution in [3.05, 3.63) is 39.0 Å². The number of thiophene rings is 1.